The van der Waals surface area contributed by atoms with E-state index in [0.29, 0.717) is 47.1 Å². The van der Waals surface area contributed by atoms with Gasteiger partial charge in [-0.2, -0.15) is 0 Å². The maximum atomic E-state index is 13.0. The lowest BCUT2D eigenvalue weighted by molar-refractivity contribution is -0.136. The molecule has 3 rings (SSSR count). The van der Waals surface area contributed by atoms with Crippen molar-refractivity contribution in [3.63, 3.8) is 0 Å². The molecule has 0 unspecified atom stereocenters. The van der Waals surface area contributed by atoms with E-state index in [9.17, 15) is 9.59 Å². The summed E-state index contributed by atoms with van der Waals surface area (Å²) in [6.07, 6.45) is 2.19. The van der Waals surface area contributed by atoms with Gasteiger partial charge in [0, 0.05) is 20.3 Å². The van der Waals surface area contributed by atoms with Gasteiger partial charge in [-0.1, -0.05) is 12.1 Å². The number of hydrogen-bond acceptors (Lipinski definition) is 6. The number of furan rings is 1. The molecule has 2 amide bonds. The van der Waals surface area contributed by atoms with Crippen molar-refractivity contribution >= 4 is 29.1 Å². The van der Waals surface area contributed by atoms with Crippen LogP contribution in [0.4, 0.5) is 0 Å². The molecule has 0 radical (unpaired) electrons. The van der Waals surface area contributed by atoms with Gasteiger partial charge < -0.3 is 13.9 Å². The van der Waals surface area contributed by atoms with Crippen molar-refractivity contribution in [1.29, 1.82) is 0 Å². The Balaban J connectivity index is 1.89. The zero-order chi connectivity index (χ0) is 19.2. The zero-order valence-electron chi connectivity index (χ0n) is 15.3. The van der Waals surface area contributed by atoms with Gasteiger partial charge in [0.25, 0.3) is 11.8 Å². The van der Waals surface area contributed by atoms with Crippen LogP contribution in [-0.2, 0) is 20.1 Å². The first-order chi connectivity index (χ1) is 13.2. The van der Waals surface area contributed by atoms with Crippen LogP contribution in [-0.4, -0.2) is 44.1 Å². The Morgan fingerprint density at radius 3 is 2.48 bits per heavy atom. The van der Waals surface area contributed by atoms with Crippen LogP contribution in [0.25, 0.3) is 5.57 Å². The molecule has 1 aromatic heterocycles. The molecular weight excluding hydrogens is 366 g/mol. The molecule has 1 aromatic carbocycles. The van der Waals surface area contributed by atoms with Crippen LogP contribution < -0.4 is 4.74 Å². The molecule has 2 heterocycles. The number of benzene rings is 1. The molecule has 0 spiro atoms. The largest absolute Gasteiger partial charge is 0.497 e. The molecule has 0 aliphatic carbocycles. The zero-order valence-corrected chi connectivity index (χ0v) is 16.1. The first-order valence-corrected chi connectivity index (χ1v) is 9.53. The predicted octanol–water partition coefficient (Wildman–Crippen LogP) is 3.34. The fourth-order valence-electron chi connectivity index (χ4n) is 2.81. The van der Waals surface area contributed by atoms with Gasteiger partial charge in [-0.15, -0.1) is 11.8 Å². The van der Waals surface area contributed by atoms with Crippen molar-refractivity contribution in [2.24, 2.45) is 0 Å². The summed E-state index contributed by atoms with van der Waals surface area (Å²) in [5, 5.41) is 0. The maximum absolute atomic E-state index is 13.0. The molecule has 0 N–H and O–H groups in total. The number of ether oxygens (including phenoxy) is 2. The highest BCUT2D eigenvalue weighted by Gasteiger charge is 2.38. The van der Waals surface area contributed by atoms with E-state index in [1.165, 1.54) is 16.7 Å². The van der Waals surface area contributed by atoms with E-state index in [1.807, 2.05) is 6.07 Å². The van der Waals surface area contributed by atoms with Gasteiger partial charge in [-0.25, -0.2) is 0 Å². The van der Waals surface area contributed by atoms with Gasteiger partial charge in [-0.05, 0) is 36.2 Å². The number of carbonyl (C=O) groups is 2. The van der Waals surface area contributed by atoms with Crippen LogP contribution >= 0.6 is 11.8 Å². The van der Waals surface area contributed by atoms with Crippen LogP contribution in [0, 0.1) is 0 Å². The number of imide groups is 1. The molecule has 0 atom stereocenters. The number of hydrogen-bond donors (Lipinski definition) is 0. The molecule has 27 heavy (non-hydrogen) atoms. The second kappa shape index (κ2) is 8.92. The molecule has 0 bridgehead atoms. The predicted molar refractivity (Wildman–Crippen MR) is 103 cm³/mol. The Hall–Kier alpha value is -2.51. The summed E-state index contributed by atoms with van der Waals surface area (Å²) in [4.78, 5) is 27.6. The summed E-state index contributed by atoms with van der Waals surface area (Å²) >= 11 is 1.32. The summed E-state index contributed by atoms with van der Waals surface area (Å²) in [5.74, 6) is 1.38. The molecule has 7 heteroatoms. The Kier molecular flexibility index (Phi) is 6.36. The Morgan fingerprint density at radius 1 is 1.07 bits per heavy atom. The normalized spacial score (nSPS) is 14.4. The van der Waals surface area contributed by atoms with Crippen molar-refractivity contribution in [2.75, 3.05) is 27.4 Å². The summed E-state index contributed by atoms with van der Waals surface area (Å²) in [7, 11) is 3.18. The van der Waals surface area contributed by atoms with E-state index in [1.54, 1.807) is 50.8 Å². The topological polar surface area (TPSA) is 69.0 Å². The monoisotopic (exact) mass is 387 g/mol. The molecule has 1 aliphatic heterocycles. The summed E-state index contributed by atoms with van der Waals surface area (Å²) in [6.45, 7) is 0.819. The van der Waals surface area contributed by atoms with E-state index in [4.69, 9.17) is 13.9 Å². The molecule has 1 aliphatic rings. The molecular formula is C20H21NO5S. The summed E-state index contributed by atoms with van der Waals surface area (Å²) in [5.41, 5.74) is 1.13. The number of carbonyl (C=O) groups excluding carboxylic acids is 2. The first kappa shape index (κ1) is 19.3. The highest BCUT2D eigenvalue weighted by Crippen LogP contribution is 2.38. The number of thioether (sulfide) groups is 1. The third-order valence-corrected chi connectivity index (χ3v) is 5.27. The van der Waals surface area contributed by atoms with Crippen molar-refractivity contribution in [2.45, 2.75) is 12.2 Å². The fourth-order valence-corrected chi connectivity index (χ4v) is 3.84. The summed E-state index contributed by atoms with van der Waals surface area (Å²) < 4.78 is 15.6. The highest BCUT2D eigenvalue weighted by atomic mass is 32.2. The lowest BCUT2D eigenvalue weighted by Crippen LogP contribution is -2.33. The van der Waals surface area contributed by atoms with Gasteiger partial charge in [0.2, 0.25) is 0 Å². The lowest BCUT2D eigenvalue weighted by Gasteiger charge is -2.14. The van der Waals surface area contributed by atoms with E-state index >= 15 is 0 Å². The third kappa shape index (κ3) is 4.26. The van der Waals surface area contributed by atoms with Crippen LogP contribution in [0.15, 0.2) is 52.0 Å². The second-order valence-electron chi connectivity index (χ2n) is 5.91. The Morgan fingerprint density at radius 2 is 1.85 bits per heavy atom. The smallest absolute Gasteiger partial charge is 0.267 e. The highest BCUT2D eigenvalue weighted by molar-refractivity contribution is 8.03. The van der Waals surface area contributed by atoms with Crippen LogP contribution in [0.2, 0.25) is 0 Å². The average Bonchev–Trinajstić information content (AvgIpc) is 3.28. The number of rotatable bonds is 9. The molecule has 6 nitrogen and oxygen atoms in total. The molecule has 142 valence electrons. The maximum Gasteiger partial charge on any atom is 0.267 e. The van der Waals surface area contributed by atoms with Gasteiger partial charge in [0.15, 0.2) is 0 Å². The minimum absolute atomic E-state index is 0.265. The molecule has 0 saturated carbocycles. The Labute approximate surface area is 162 Å². The van der Waals surface area contributed by atoms with Crippen molar-refractivity contribution in [1.82, 2.24) is 4.90 Å². The minimum Gasteiger partial charge on any atom is -0.497 e. The van der Waals surface area contributed by atoms with Crippen molar-refractivity contribution in [3.05, 3.63) is 58.9 Å². The van der Waals surface area contributed by atoms with E-state index in [0.717, 1.165) is 5.76 Å². The van der Waals surface area contributed by atoms with Gasteiger partial charge in [-0.3, -0.25) is 14.5 Å². The van der Waals surface area contributed by atoms with Crippen LogP contribution in [0.3, 0.4) is 0 Å². The van der Waals surface area contributed by atoms with E-state index in [2.05, 4.69) is 0 Å². The molecule has 0 saturated heterocycles. The summed E-state index contributed by atoms with van der Waals surface area (Å²) in [6, 6.07) is 10.8. The van der Waals surface area contributed by atoms with Crippen molar-refractivity contribution in [3.8, 4) is 5.75 Å². The average molecular weight is 387 g/mol. The Bertz CT molecular complexity index is 827. The van der Waals surface area contributed by atoms with Gasteiger partial charge in [0.1, 0.15) is 11.5 Å². The minimum atomic E-state index is -0.275. The second-order valence-corrected chi connectivity index (χ2v) is 6.89. The number of nitrogens with zero attached hydrogens (tertiary/aromatic N) is 1. The van der Waals surface area contributed by atoms with E-state index < -0.39 is 0 Å². The third-order valence-electron chi connectivity index (χ3n) is 4.17. The van der Waals surface area contributed by atoms with Gasteiger partial charge in [0.05, 0.1) is 29.6 Å². The fraction of sp³-hybridized carbons (Fsp3) is 0.300. The quantitative estimate of drug-likeness (QED) is 0.486. The van der Waals surface area contributed by atoms with E-state index in [-0.39, 0.29) is 11.8 Å². The number of amides is 2. The van der Waals surface area contributed by atoms with Crippen LogP contribution in [0.5, 0.6) is 5.75 Å². The first-order valence-electron chi connectivity index (χ1n) is 8.54. The van der Waals surface area contributed by atoms with Crippen molar-refractivity contribution < 1.29 is 23.5 Å². The number of methoxy groups -OCH3 is 2. The van der Waals surface area contributed by atoms with Gasteiger partial charge >= 0.3 is 0 Å². The standard InChI is InChI=1S/C20H21NO5S/c1-24-11-4-10-21-19(22)17(14-6-8-15(25-2)9-7-14)18(20(21)23)27-13-16-5-3-12-26-16/h3,5-9,12H,4,10-11,13H2,1-2H3. The SMILES string of the molecule is COCCCN1C(=O)C(SCc2ccco2)=C(c2ccc(OC)cc2)C1=O. The molecule has 2 aromatic rings. The lowest BCUT2D eigenvalue weighted by atomic mass is 10.1. The van der Waals surface area contributed by atoms with Crippen LogP contribution in [0.1, 0.15) is 17.7 Å². The molecule has 0 fully saturated rings.